The summed E-state index contributed by atoms with van der Waals surface area (Å²) in [5, 5.41) is 1.73. The number of benzene rings is 1. The summed E-state index contributed by atoms with van der Waals surface area (Å²) in [6.45, 7) is 13.9. The van der Waals surface area contributed by atoms with Gasteiger partial charge in [0.05, 0.1) is 0 Å². The fourth-order valence-electron chi connectivity index (χ4n) is 4.10. The van der Waals surface area contributed by atoms with Crippen LogP contribution in [0.1, 0.15) is 47.5 Å². The first-order chi connectivity index (χ1) is 17.0. The minimum atomic E-state index is -2.25. The van der Waals surface area contributed by atoms with E-state index in [1.165, 1.54) is 23.0 Å². The molecule has 4 rings (SSSR count). The fourth-order valence-corrected chi connectivity index (χ4v) is 5.94. The number of hydrogen-bond donors (Lipinski definition) is 1. The minimum absolute atomic E-state index is 0.0729. The SMILES string of the molecule is CC(=O)NC1C(=O)N(C(C(=O)O[Si](C)(C)C)=C(C)C)C1SN1C(=O)CC(C)(C)CC1=O.c1cc2cc-2c1. The van der Waals surface area contributed by atoms with Crippen molar-refractivity contribution >= 4 is 49.9 Å². The standard InChI is InChI=1S/C20H31N3O6SSi.C6H4/c1-11(2)16(19(28)29-31(6,7)8)22-17(27)15(21-12(3)24)18(22)30-23-13(25)9-20(4,5)10-14(23)26;1-2-5-4-6(5)3-1/h15,18H,9-10H2,1-8H3,(H,21,24);1-4H. The van der Waals surface area contributed by atoms with E-state index in [2.05, 4.69) is 29.6 Å². The summed E-state index contributed by atoms with van der Waals surface area (Å²) in [6, 6.07) is 7.52. The number of carbonyl (C=O) groups is 5. The van der Waals surface area contributed by atoms with Gasteiger partial charge < -0.3 is 9.74 Å². The number of allylic oxidation sites excluding steroid dienone is 1. The molecule has 2 atom stereocenters. The number of hydrogen-bond acceptors (Lipinski definition) is 7. The number of imide groups is 1. The van der Waals surface area contributed by atoms with E-state index < -0.39 is 42.9 Å². The second-order valence-electron chi connectivity index (χ2n) is 11.4. The molecule has 2 heterocycles. The van der Waals surface area contributed by atoms with Gasteiger partial charge in [0.25, 0.3) is 5.91 Å². The number of nitrogens with one attached hydrogen (secondary N) is 1. The molecule has 0 aromatic rings. The summed E-state index contributed by atoms with van der Waals surface area (Å²) in [6.07, 6.45) is 0.370. The first kappa shape index (κ1) is 28.6. The summed E-state index contributed by atoms with van der Waals surface area (Å²) in [5.41, 5.74) is 3.04. The summed E-state index contributed by atoms with van der Waals surface area (Å²) in [5.74, 6) is -2.28. The van der Waals surface area contributed by atoms with Gasteiger partial charge in [0.2, 0.25) is 26.0 Å². The maximum Gasteiger partial charge on any atom is 0.341 e. The Hall–Kier alpha value is -2.92. The monoisotopic (exact) mass is 545 g/mol. The van der Waals surface area contributed by atoms with Gasteiger partial charge in [-0.3, -0.25) is 24.1 Å². The Labute approximate surface area is 223 Å². The van der Waals surface area contributed by atoms with Crippen molar-refractivity contribution in [3.8, 4) is 11.1 Å². The molecular formula is C26H35N3O6SSi. The summed E-state index contributed by atoms with van der Waals surface area (Å²) in [7, 11) is -2.25. The lowest BCUT2D eigenvalue weighted by atomic mass is 9.83. The number of fused-ring (bicyclic) bond motifs is 1. The molecule has 2 aliphatic carbocycles. The van der Waals surface area contributed by atoms with Gasteiger partial charge in [-0.15, -0.1) is 0 Å². The van der Waals surface area contributed by atoms with Crippen molar-refractivity contribution in [3.63, 3.8) is 0 Å². The molecule has 2 fully saturated rings. The van der Waals surface area contributed by atoms with Crippen molar-refractivity contribution in [1.82, 2.24) is 14.5 Å². The van der Waals surface area contributed by atoms with Crippen LogP contribution in [0.5, 0.6) is 0 Å². The first-order valence-corrected chi connectivity index (χ1v) is 16.4. The van der Waals surface area contributed by atoms with Crippen LogP contribution in [0, 0.1) is 5.41 Å². The molecule has 2 aliphatic heterocycles. The molecule has 11 heteroatoms. The van der Waals surface area contributed by atoms with Gasteiger partial charge in [0.1, 0.15) is 17.1 Å². The molecule has 0 aromatic heterocycles. The van der Waals surface area contributed by atoms with Crippen molar-refractivity contribution in [2.24, 2.45) is 5.41 Å². The largest absolute Gasteiger partial charge is 0.515 e. The van der Waals surface area contributed by atoms with E-state index in [1.807, 2.05) is 33.5 Å². The van der Waals surface area contributed by atoms with Crippen molar-refractivity contribution in [1.29, 1.82) is 0 Å². The van der Waals surface area contributed by atoms with E-state index in [4.69, 9.17) is 4.43 Å². The van der Waals surface area contributed by atoms with Gasteiger partial charge >= 0.3 is 5.97 Å². The third kappa shape index (κ3) is 6.89. The number of likely N-dealkylation sites (tertiary alicyclic amines) is 1. The van der Waals surface area contributed by atoms with Crippen LogP contribution < -0.4 is 5.32 Å². The van der Waals surface area contributed by atoms with E-state index >= 15 is 0 Å². The average molecular weight is 546 g/mol. The number of rotatable bonds is 6. The Morgan fingerprint density at radius 3 is 1.95 bits per heavy atom. The Morgan fingerprint density at radius 1 is 1.03 bits per heavy atom. The number of piperidine rings is 1. The van der Waals surface area contributed by atoms with Crippen molar-refractivity contribution in [2.45, 2.75) is 78.5 Å². The van der Waals surface area contributed by atoms with E-state index in [1.54, 1.807) is 13.8 Å². The second kappa shape index (κ2) is 10.4. The van der Waals surface area contributed by atoms with E-state index in [0.29, 0.717) is 5.57 Å². The van der Waals surface area contributed by atoms with Gasteiger partial charge in [-0.25, -0.2) is 9.10 Å². The van der Waals surface area contributed by atoms with Crippen LogP contribution in [0.3, 0.4) is 0 Å². The Morgan fingerprint density at radius 2 is 1.57 bits per heavy atom. The zero-order valence-electron chi connectivity index (χ0n) is 22.6. The van der Waals surface area contributed by atoms with Gasteiger partial charge in [0.15, 0.2) is 0 Å². The van der Waals surface area contributed by atoms with Crippen molar-refractivity contribution < 1.29 is 28.4 Å². The predicted molar refractivity (Wildman–Crippen MR) is 144 cm³/mol. The number of β-lactam (4-membered cyclic amide) rings is 1. The smallest absolute Gasteiger partial charge is 0.341 e. The Bertz CT molecular complexity index is 1150. The third-order valence-corrected chi connectivity index (χ3v) is 7.86. The molecule has 0 aromatic carbocycles. The highest BCUT2D eigenvalue weighted by atomic mass is 32.2. The molecule has 4 amide bonds. The lowest BCUT2D eigenvalue weighted by Gasteiger charge is -2.48. The van der Waals surface area contributed by atoms with Crippen LogP contribution in [-0.2, 0) is 28.4 Å². The van der Waals surface area contributed by atoms with Gasteiger partial charge in [-0.05, 0) is 73.6 Å². The number of amides is 4. The number of carbonyl (C=O) groups excluding carboxylic acids is 5. The zero-order chi connectivity index (χ0) is 27.9. The lowest BCUT2D eigenvalue weighted by Crippen LogP contribution is -2.70. The molecule has 4 aliphatic rings. The van der Waals surface area contributed by atoms with Gasteiger partial charge in [0, 0.05) is 19.8 Å². The van der Waals surface area contributed by atoms with Crippen LogP contribution in [0.25, 0.3) is 11.1 Å². The van der Waals surface area contributed by atoms with Crippen LogP contribution in [0.2, 0.25) is 19.6 Å². The normalized spacial score (nSPS) is 21.4. The van der Waals surface area contributed by atoms with E-state index in [9.17, 15) is 24.0 Å². The third-order valence-electron chi connectivity index (χ3n) is 5.75. The molecule has 37 heavy (non-hydrogen) atoms. The van der Waals surface area contributed by atoms with Crippen LogP contribution in [0.4, 0.5) is 0 Å². The van der Waals surface area contributed by atoms with Crippen LogP contribution in [0.15, 0.2) is 35.5 Å². The quantitative estimate of drug-likeness (QED) is 0.193. The predicted octanol–water partition coefficient (Wildman–Crippen LogP) is 3.82. The van der Waals surface area contributed by atoms with Gasteiger partial charge in [-0.1, -0.05) is 32.0 Å². The van der Waals surface area contributed by atoms with Crippen molar-refractivity contribution in [2.75, 3.05) is 0 Å². The maximum absolute atomic E-state index is 12.9. The Balaban J connectivity index is 0.000000542. The highest BCUT2D eigenvalue weighted by Gasteiger charge is 2.54. The summed E-state index contributed by atoms with van der Waals surface area (Å²) < 4.78 is 6.65. The molecular weight excluding hydrogens is 510 g/mol. The summed E-state index contributed by atoms with van der Waals surface area (Å²) in [4.78, 5) is 63.9. The Kier molecular flexibility index (Phi) is 8.09. The van der Waals surface area contributed by atoms with Crippen molar-refractivity contribution in [3.05, 3.63) is 35.5 Å². The highest BCUT2D eigenvalue weighted by Crippen LogP contribution is 2.41. The average Bonchev–Trinajstić information content (AvgIpc) is 3.33. The molecule has 1 N–H and O–H groups in total. The topological polar surface area (TPSA) is 113 Å². The van der Waals surface area contributed by atoms with Crippen LogP contribution in [-0.4, -0.2) is 58.5 Å². The highest BCUT2D eigenvalue weighted by molar-refractivity contribution is 7.98. The van der Waals surface area contributed by atoms with Gasteiger partial charge in [-0.2, -0.15) is 0 Å². The molecule has 0 radical (unpaired) electrons. The molecule has 0 spiro atoms. The van der Waals surface area contributed by atoms with Crippen LogP contribution >= 0.6 is 11.9 Å². The molecule has 0 bridgehead atoms. The molecule has 200 valence electrons. The van der Waals surface area contributed by atoms with E-state index in [0.717, 1.165) is 16.3 Å². The van der Waals surface area contributed by atoms with E-state index in [-0.39, 0.29) is 30.4 Å². The fraction of sp³-hybridized carbons (Fsp3) is 0.500. The second-order valence-corrected chi connectivity index (χ2v) is 16.9. The first-order valence-electron chi connectivity index (χ1n) is 12.1. The zero-order valence-corrected chi connectivity index (χ0v) is 24.4. The minimum Gasteiger partial charge on any atom is -0.515 e. The molecule has 2 unspecified atom stereocenters. The molecule has 2 saturated heterocycles. The molecule has 0 saturated carbocycles. The molecule has 9 nitrogen and oxygen atoms in total. The maximum atomic E-state index is 12.9. The lowest BCUT2D eigenvalue weighted by molar-refractivity contribution is -0.150. The number of nitrogens with zero attached hydrogens (tertiary/aromatic N) is 2. The summed E-state index contributed by atoms with van der Waals surface area (Å²) >= 11 is 0.861.